The fourth-order valence-electron chi connectivity index (χ4n) is 2.49. The molecule has 0 spiro atoms. The summed E-state index contributed by atoms with van der Waals surface area (Å²) in [6.45, 7) is 5.02. The smallest absolute Gasteiger partial charge is 0.220 e. The molecule has 0 bridgehead atoms. The van der Waals surface area contributed by atoms with Crippen LogP contribution in [-0.2, 0) is 11.2 Å². The lowest BCUT2D eigenvalue weighted by atomic mass is 10.0. The first-order chi connectivity index (χ1) is 9.24. The molecular weight excluding hydrogens is 272 g/mol. The van der Waals surface area contributed by atoms with Gasteiger partial charge in [0.05, 0.1) is 0 Å². The van der Waals surface area contributed by atoms with Gasteiger partial charge in [0.25, 0.3) is 0 Å². The average molecular weight is 297 g/mol. The summed E-state index contributed by atoms with van der Waals surface area (Å²) in [5, 5.41) is 6.34. The maximum absolute atomic E-state index is 11.7. The number of hydrogen-bond acceptors (Lipinski definition) is 2. The normalized spacial score (nSPS) is 17.6. The van der Waals surface area contributed by atoms with Crippen LogP contribution in [-0.4, -0.2) is 25.5 Å². The molecule has 1 aliphatic rings. The summed E-state index contributed by atoms with van der Waals surface area (Å²) in [4.78, 5) is 11.7. The molecule has 1 fully saturated rings. The van der Waals surface area contributed by atoms with E-state index in [1.165, 1.54) is 17.5 Å². The second-order valence-corrected chi connectivity index (χ2v) is 5.48. The van der Waals surface area contributed by atoms with Crippen LogP contribution in [0.2, 0.25) is 0 Å². The van der Waals surface area contributed by atoms with Gasteiger partial charge in [0.1, 0.15) is 0 Å². The lowest BCUT2D eigenvalue weighted by Crippen LogP contribution is -2.26. The molecule has 1 aromatic rings. The minimum atomic E-state index is 0. The summed E-state index contributed by atoms with van der Waals surface area (Å²) in [5.41, 5.74) is 2.56. The van der Waals surface area contributed by atoms with Gasteiger partial charge in [-0.25, -0.2) is 0 Å². The van der Waals surface area contributed by atoms with Gasteiger partial charge in [-0.1, -0.05) is 29.8 Å². The Morgan fingerprint density at radius 1 is 1.35 bits per heavy atom. The minimum absolute atomic E-state index is 0. The highest BCUT2D eigenvalue weighted by molar-refractivity contribution is 5.85. The van der Waals surface area contributed by atoms with Crippen molar-refractivity contribution in [2.45, 2.75) is 32.6 Å². The van der Waals surface area contributed by atoms with E-state index in [0.717, 1.165) is 32.5 Å². The second kappa shape index (κ2) is 8.98. The van der Waals surface area contributed by atoms with Crippen molar-refractivity contribution in [2.75, 3.05) is 19.6 Å². The van der Waals surface area contributed by atoms with Crippen LogP contribution in [0.15, 0.2) is 24.3 Å². The van der Waals surface area contributed by atoms with Gasteiger partial charge in [-0.2, -0.15) is 0 Å². The molecule has 3 nitrogen and oxygen atoms in total. The molecule has 2 rings (SSSR count). The highest BCUT2D eigenvalue weighted by Gasteiger charge is 2.15. The van der Waals surface area contributed by atoms with Gasteiger partial charge >= 0.3 is 0 Å². The first kappa shape index (κ1) is 17.0. The first-order valence-corrected chi connectivity index (χ1v) is 7.27. The third kappa shape index (κ3) is 5.93. The standard InChI is InChI=1S/C16H24N2O.ClH/c1-13-2-4-14(5-3-13)9-11-18-16(19)7-6-15-8-10-17-12-15;/h2-5,15,17H,6-12H2,1H3,(H,18,19);1H. The van der Waals surface area contributed by atoms with Crippen LogP contribution < -0.4 is 10.6 Å². The highest BCUT2D eigenvalue weighted by atomic mass is 35.5. The fraction of sp³-hybridized carbons (Fsp3) is 0.562. The molecule has 20 heavy (non-hydrogen) atoms. The summed E-state index contributed by atoms with van der Waals surface area (Å²) in [5.74, 6) is 0.891. The quantitative estimate of drug-likeness (QED) is 0.847. The molecule has 1 unspecified atom stereocenters. The van der Waals surface area contributed by atoms with Crippen molar-refractivity contribution in [2.24, 2.45) is 5.92 Å². The topological polar surface area (TPSA) is 41.1 Å². The van der Waals surface area contributed by atoms with E-state index in [-0.39, 0.29) is 18.3 Å². The Kier molecular flexibility index (Phi) is 7.63. The van der Waals surface area contributed by atoms with Crippen molar-refractivity contribution < 1.29 is 4.79 Å². The number of hydrogen-bond donors (Lipinski definition) is 2. The van der Waals surface area contributed by atoms with E-state index in [2.05, 4.69) is 41.8 Å². The van der Waals surface area contributed by atoms with Crippen LogP contribution >= 0.6 is 12.4 Å². The lowest BCUT2D eigenvalue weighted by molar-refractivity contribution is -0.121. The van der Waals surface area contributed by atoms with E-state index in [9.17, 15) is 4.79 Å². The molecule has 1 amide bonds. The SMILES string of the molecule is Cc1ccc(CCNC(=O)CCC2CCNC2)cc1.Cl. The van der Waals surface area contributed by atoms with Gasteiger partial charge < -0.3 is 10.6 Å². The minimum Gasteiger partial charge on any atom is -0.356 e. The summed E-state index contributed by atoms with van der Waals surface area (Å²) >= 11 is 0. The van der Waals surface area contributed by atoms with Gasteiger partial charge in [-0.3, -0.25) is 4.79 Å². The average Bonchev–Trinajstić information content (AvgIpc) is 2.92. The number of nitrogens with one attached hydrogen (secondary N) is 2. The van der Waals surface area contributed by atoms with E-state index in [0.29, 0.717) is 12.3 Å². The number of benzene rings is 1. The monoisotopic (exact) mass is 296 g/mol. The van der Waals surface area contributed by atoms with E-state index in [1.807, 2.05) is 0 Å². The van der Waals surface area contributed by atoms with Crippen molar-refractivity contribution in [1.82, 2.24) is 10.6 Å². The highest BCUT2D eigenvalue weighted by Crippen LogP contribution is 2.13. The van der Waals surface area contributed by atoms with Crippen LogP contribution in [0, 0.1) is 12.8 Å². The van der Waals surface area contributed by atoms with Crippen LogP contribution in [0.3, 0.4) is 0 Å². The fourth-order valence-corrected chi connectivity index (χ4v) is 2.49. The molecule has 4 heteroatoms. The molecule has 1 aliphatic heterocycles. The Morgan fingerprint density at radius 3 is 2.75 bits per heavy atom. The van der Waals surface area contributed by atoms with Gasteiger partial charge in [-0.15, -0.1) is 12.4 Å². The molecule has 0 saturated carbocycles. The van der Waals surface area contributed by atoms with Crippen LogP contribution in [0.1, 0.15) is 30.4 Å². The Morgan fingerprint density at radius 2 is 2.10 bits per heavy atom. The third-order valence-corrected chi connectivity index (χ3v) is 3.80. The van der Waals surface area contributed by atoms with Crippen molar-refractivity contribution in [3.05, 3.63) is 35.4 Å². The molecule has 1 atom stereocenters. The maximum Gasteiger partial charge on any atom is 0.220 e. The second-order valence-electron chi connectivity index (χ2n) is 5.48. The molecular formula is C16H25ClN2O. The van der Waals surface area contributed by atoms with Crippen molar-refractivity contribution in [3.8, 4) is 0 Å². The van der Waals surface area contributed by atoms with E-state index < -0.39 is 0 Å². The summed E-state index contributed by atoms with van der Waals surface area (Å²) in [6.07, 6.45) is 3.82. The van der Waals surface area contributed by atoms with Crippen molar-refractivity contribution >= 4 is 18.3 Å². The van der Waals surface area contributed by atoms with Gasteiger partial charge in [0.2, 0.25) is 5.91 Å². The van der Waals surface area contributed by atoms with E-state index in [1.54, 1.807) is 0 Å². The van der Waals surface area contributed by atoms with Crippen LogP contribution in [0.5, 0.6) is 0 Å². The molecule has 1 aromatic carbocycles. The van der Waals surface area contributed by atoms with Crippen LogP contribution in [0.4, 0.5) is 0 Å². The van der Waals surface area contributed by atoms with E-state index >= 15 is 0 Å². The molecule has 0 aromatic heterocycles. The molecule has 0 radical (unpaired) electrons. The summed E-state index contributed by atoms with van der Waals surface area (Å²) in [7, 11) is 0. The Hall–Kier alpha value is -1.06. The Labute approximate surface area is 127 Å². The van der Waals surface area contributed by atoms with Gasteiger partial charge in [0.15, 0.2) is 0 Å². The number of aryl methyl sites for hydroxylation is 1. The summed E-state index contributed by atoms with van der Waals surface area (Å²) < 4.78 is 0. The van der Waals surface area contributed by atoms with Crippen LogP contribution in [0.25, 0.3) is 0 Å². The number of rotatable bonds is 6. The summed E-state index contributed by atoms with van der Waals surface area (Å²) in [6, 6.07) is 8.49. The number of carbonyl (C=O) groups excluding carboxylic acids is 1. The van der Waals surface area contributed by atoms with Crippen molar-refractivity contribution in [3.63, 3.8) is 0 Å². The molecule has 2 N–H and O–H groups in total. The predicted octanol–water partition coefficient (Wildman–Crippen LogP) is 2.47. The largest absolute Gasteiger partial charge is 0.356 e. The molecule has 112 valence electrons. The van der Waals surface area contributed by atoms with Crippen molar-refractivity contribution in [1.29, 1.82) is 0 Å². The van der Waals surface area contributed by atoms with E-state index in [4.69, 9.17) is 0 Å². The zero-order valence-corrected chi connectivity index (χ0v) is 13.0. The molecule has 1 heterocycles. The zero-order chi connectivity index (χ0) is 13.5. The Balaban J connectivity index is 0.00000200. The van der Waals surface area contributed by atoms with Gasteiger partial charge in [-0.05, 0) is 50.8 Å². The maximum atomic E-state index is 11.7. The molecule has 0 aliphatic carbocycles. The lowest BCUT2D eigenvalue weighted by Gasteiger charge is -2.08. The Bertz CT molecular complexity index is 399. The predicted molar refractivity (Wildman–Crippen MR) is 85.4 cm³/mol. The van der Waals surface area contributed by atoms with Gasteiger partial charge in [0, 0.05) is 13.0 Å². The number of carbonyl (C=O) groups is 1. The molecule has 1 saturated heterocycles. The number of amides is 1. The third-order valence-electron chi connectivity index (χ3n) is 3.80. The number of halogens is 1. The first-order valence-electron chi connectivity index (χ1n) is 7.27. The zero-order valence-electron chi connectivity index (χ0n) is 12.2.